The van der Waals surface area contributed by atoms with Crippen molar-refractivity contribution < 1.29 is 14.4 Å². The molecule has 2 aromatic heterocycles. The summed E-state index contributed by atoms with van der Waals surface area (Å²) < 4.78 is 7.13. The Morgan fingerprint density at radius 3 is 2.86 bits per heavy atom. The predicted octanol–water partition coefficient (Wildman–Crippen LogP) is 2.18. The standard InChI is InChI=1S/C21H22N4O3/c1-13-7-16(28-23-13)8-15-10-24(11-20(15)26)21(27)12-25-14(2)18(9-22)17-5-3-4-6-19(17)25/h3-7,15,20,26H,8,10-12H2,1-2H3/t15-,20-/m1/s1. The SMILES string of the molecule is Cc1cc(C[C@@H]2CN(C(=O)Cn3c(C)c(C#N)c4ccccc43)C[C@H]2O)on1. The van der Waals surface area contributed by atoms with E-state index in [1.54, 1.807) is 4.90 Å². The summed E-state index contributed by atoms with van der Waals surface area (Å²) in [7, 11) is 0. The number of benzene rings is 1. The first kappa shape index (κ1) is 18.3. The lowest BCUT2D eigenvalue weighted by molar-refractivity contribution is -0.131. The predicted molar refractivity (Wildman–Crippen MR) is 102 cm³/mol. The summed E-state index contributed by atoms with van der Waals surface area (Å²) in [5.74, 6) is 0.582. The third kappa shape index (κ3) is 3.16. The first-order valence-electron chi connectivity index (χ1n) is 9.34. The van der Waals surface area contributed by atoms with Crippen LogP contribution in [0.3, 0.4) is 0 Å². The van der Waals surface area contributed by atoms with Crippen LogP contribution in [0.1, 0.15) is 22.7 Å². The molecule has 3 aromatic rings. The first-order valence-corrected chi connectivity index (χ1v) is 9.34. The maximum Gasteiger partial charge on any atom is 0.242 e. The van der Waals surface area contributed by atoms with Gasteiger partial charge in [0, 0.05) is 42.6 Å². The fraction of sp³-hybridized carbons (Fsp3) is 0.381. The molecule has 2 atom stereocenters. The Balaban J connectivity index is 1.51. The second-order valence-electron chi connectivity index (χ2n) is 7.44. The Labute approximate surface area is 162 Å². The largest absolute Gasteiger partial charge is 0.391 e. The lowest BCUT2D eigenvalue weighted by atomic mass is 10.0. The molecule has 0 saturated carbocycles. The maximum absolute atomic E-state index is 12.9. The molecule has 0 unspecified atom stereocenters. The number of rotatable bonds is 4. The van der Waals surface area contributed by atoms with Crippen LogP contribution in [0, 0.1) is 31.1 Å². The van der Waals surface area contributed by atoms with Crippen LogP contribution in [0.4, 0.5) is 0 Å². The Morgan fingerprint density at radius 2 is 2.14 bits per heavy atom. The number of aromatic nitrogens is 2. The molecule has 7 nitrogen and oxygen atoms in total. The molecule has 1 fully saturated rings. The van der Waals surface area contributed by atoms with Crippen molar-refractivity contribution in [2.45, 2.75) is 32.9 Å². The summed E-state index contributed by atoms with van der Waals surface area (Å²) >= 11 is 0. The summed E-state index contributed by atoms with van der Waals surface area (Å²) in [5, 5.41) is 24.6. The second-order valence-corrected chi connectivity index (χ2v) is 7.44. The number of β-amino-alcohol motifs (C(OH)–C–C–N with tert-alkyl or cyclic N) is 1. The Morgan fingerprint density at radius 1 is 1.36 bits per heavy atom. The summed E-state index contributed by atoms with van der Waals surface area (Å²) in [5.41, 5.74) is 3.06. The van der Waals surface area contributed by atoms with Crippen molar-refractivity contribution >= 4 is 16.8 Å². The van der Waals surface area contributed by atoms with Crippen LogP contribution >= 0.6 is 0 Å². The van der Waals surface area contributed by atoms with Crippen molar-refractivity contribution in [1.29, 1.82) is 5.26 Å². The number of aliphatic hydroxyl groups excluding tert-OH is 1. The van der Waals surface area contributed by atoms with Gasteiger partial charge in [0.05, 0.1) is 22.9 Å². The molecule has 0 radical (unpaired) electrons. The van der Waals surface area contributed by atoms with Crippen molar-refractivity contribution in [2.75, 3.05) is 13.1 Å². The molecular weight excluding hydrogens is 356 g/mol. The minimum absolute atomic E-state index is 0.0661. The molecule has 1 N–H and O–H groups in total. The molecule has 1 aliphatic heterocycles. The van der Waals surface area contributed by atoms with Gasteiger partial charge in [-0.25, -0.2) is 0 Å². The number of nitrogens with zero attached hydrogens (tertiary/aromatic N) is 4. The highest BCUT2D eigenvalue weighted by atomic mass is 16.5. The van der Waals surface area contributed by atoms with Crippen LogP contribution in [-0.4, -0.2) is 44.8 Å². The lowest BCUT2D eigenvalue weighted by Crippen LogP contribution is -2.33. The van der Waals surface area contributed by atoms with Crippen molar-refractivity contribution in [3.05, 3.63) is 53.0 Å². The first-order chi connectivity index (χ1) is 13.5. The van der Waals surface area contributed by atoms with Gasteiger partial charge in [-0.1, -0.05) is 23.4 Å². The van der Waals surface area contributed by atoms with Gasteiger partial charge in [-0.15, -0.1) is 0 Å². The van der Waals surface area contributed by atoms with Crippen LogP contribution in [0.15, 0.2) is 34.9 Å². The van der Waals surface area contributed by atoms with Gasteiger partial charge in [0.2, 0.25) is 5.91 Å². The number of aliphatic hydroxyl groups is 1. The summed E-state index contributed by atoms with van der Waals surface area (Å²) in [6.45, 7) is 4.64. The molecule has 0 bridgehead atoms. The highest BCUT2D eigenvalue weighted by Crippen LogP contribution is 2.26. The molecule has 7 heteroatoms. The molecule has 1 saturated heterocycles. The minimum Gasteiger partial charge on any atom is -0.391 e. The number of likely N-dealkylation sites (tertiary alicyclic amines) is 1. The number of fused-ring (bicyclic) bond motifs is 1. The van der Waals surface area contributed by atoms with Crippen molar-refractivity contribution in [2.24, 2.45) is 5.92 Å². The quantitative estimate of drug-likeness (QED) is 0.751. The van der Waals surface area contributed by atoms with Gasteiger partial charge in [0.25, 0.3) is 0 Å². The van der Waals surface area contributed by atoms with Gasteiger partial charge in [0.1, 0.15) is 18.4 Å². The molecule has 1 aromatic carbocycles. The van der Waals surface area contributed by atoms with Gasteiger partial charge in [-0.05, 0) is 19.9 Å². The highest BCUT2D eigenvalue weighted by Gasteiger charge is 2.35. The van der Waals surface area contributed by atoms with E-state index >= 15 is 0 Å². The Kier molecular flexibility index (Phi) is 4.65. The molecule has 4 rings (SSSR count). The van der Waals surface area contributed by atoms with E-state index in [1.807, 2.05) is 48.7 Å². The molecule has 0 spiro atoms. The number of carbonyl (C=O) groups excluding carboxylic acids is 1. The molecule has 28 heavy (non-hydrogen) atoms. The van der Waals surface area contributed by atoms with Crippen molar-refractivity contribution in [3.8, 4) is 6.07 Å². The minimum atomic E-state index is -0.591. The number of carbonyl (C=O) groups is 1. The molecule has 144 valence electrons. The molecule has 0 aliphatic carbocycles. The number of hydrogen-bond donors (Lipinski definition) is 1. The van der Waals surface area contributed by atoms with Crippen molar-refractivity contribution in [3.63, 3.8) is 0 Å². The third-order valence-electron chi connectivity index (χ3n) is 5.54. The molecular formula is C21H22N4O3. The van der Waals surface area contributed by atoms with E-state index in [0.29, 0.717) is 25.1 Å². The average Bonchev–Trinajstić information content (AvgIpc) is 3.33. The summed E-state index contributed by atoms with van der Waals surface area (Å²) in [6, 6.07) is 11.7. The van der Waals surface area contributed by atoms with E-state index < -0.39 is 6.10 Å². The second kappa shape index (κ2) is 7.13. The highest BCUT2D eigenvalue weighted by molar-refractivity contribution is 5.89. The zero-order valence-electron chi connectivity index (χ0n) is 15.9. The van der Waals surface area contributed by atoms with Gasteiger partial charge in [-0.3, -0.25) is 4.79 Å². The third-order valence-corrected chi connectivity index (χ3v) is 5.54. The van der Waals surface area contributed by atoms with E-state index in [9.17, 15) is 15.2 Å². The number of hydrogen-bond acceptors (Lipinski definition) is 5. The van der Waals surface area contributed by atoms with Gasteiger partial charge >= 0.3 is 0 Å². The summed E-state index contributed by atoms with van der Waals surface area (Å²) in [4.78, 5) is 14.6. The summed E-state index contributed by atoms with van der Waals surface area (Å²) in [6.07, 6.45) is -0.0397. The number of amides is 1. The lowest BCUT2D eigenvalue weighted by Gasteiger charge is -2.17. The van der Waals surface area contributed by atoms with E-state index in [-0.39, 0.29) is 18.4 Å². The van der Waals surface area contributed by atoms with Gasteiger partial charge < -0.3 is 19.1 Å². The number of para-hydroxylation sites is 1. The number of aryl methyl sites for hydroxylation is 1. The molecule has 1 aliphatic rings. The van der Waals surface area contributed by atoms with Crippen molar-refractivity contribution in [1.82, 2.24) is 14.6 Å². The Bertz CT molecular complexity index is 1080. The van der Waals surface area contributed by atoms with Gasteiger partial charge in [0.15, 0.2) is 0 Å². The van der Waals surface area contributed by atoms with Crippen LogP contribution < -0.4 is 0 Å². The van der Waals surface area contributed by atoms with E-state index in [1.165, 1.54) is 0 Å². The Hall–Kier alpha value is -3.11. The van der Waals surface area contributed by atoms with Gasteiger partial charge in [-0.2, -0.15) is 5.26 Å². The normalized spacial score (nSPS) is 19.3. The topological polar surface area (TPSA) is 95.3 Å². The maximum atomic E-state index is 12.9. The monoisotopic (exact) mass is 378 g/mol. The van der Waals surface area contributed by atoms with Crippen LogP contribution in [0.2, 0.25) is 0 Å². The molecule has 3 heterocycles. The van der Waals surface area contributed by atoms with E-state index in [4.69, 9.17) is 4.52 Å². The number of nitriles is 1. The fourth-order valence-corrected chi connectivity index (χ4v) is 4.04. The van der Waals surface area contributed by atoms with E-state index in [0.717, 1.165) is 28.1 Å². The molecule has 1 amide bonds. The average molecular weight is 378 g/mol. The van der Waals surface area contributed by atoms with Crippen LogP contribution in [-0.2, 0) is 17.8 Å². The zero-order valence-corrected chi connectivity index (χ0v) is 15.9. The smallest absolute Gasteiger partial charge is 0.242 e. The zero-order chi connectivity index (χ0) is 19.8. The van der Waals surface area contributed by atoms with E-state index in [2.05, 4.69) is 11.2 Å². The van der Waals surface area contributed by atoms with Crippen LogP contribution in [0.5, 0.6) is 0 Å². The fourth-order valence-electron chi connectivity index (χ4n) is 4.04. The van der Waals surface area contributed by atoms with Crippen LogP contribution in [0.25, 0.3) is 10.9 Å².